The fourth-order valence-corrected chi connectivity index (χ4v) is 1.40. The van der Waals surface area contributed by atoms with E-state index in [2.05, 4.69) is 24.3 Å². The highest BCUT2D eigenvalue weighted by atomic mass is 16.5. The van der Waals surface area contributed by atoms with Crippen LogP contribution in [0.2, 0.25) is 0 Å². The molecule has 1 N–H and O–H groups in total. The molecule has 1 aromatic rings. The van der Waals surface area contributed by atoms with E-state index in [4.69, 9.17) is 9.47 Å². The molecule has 0 aliphatic rings. The fourth-order valence-electron chi connectivity index (χ4n) is 1.40. The lowest BCUT2D eigenvalue weighted by Gasteiger charge is -2.16. The minimum Gasteiger partial charge on any atom is -0.483 e. The molecular weight excluding hydrogens is 206 g/mol. The van der Waals surface area contributed by atoms with Gasteiger partial charge in [-0.15, -0.1) is 0 Å². The molecule has 1 unspecified atom stereocenters. The molecule has 1 rings (SSSR count). The van der Waals surface area contributed by atoms with Crippen molar-refractivity contribution in [3.05, 3.63) is 12.4 Å². The molecular formula is C11H21N3O2. The normalized spacial score (nSPS) is 13.1. The highest BCUT2D eigenvalue weighted by molar-refractivity contribution is 5.12. The highest BCUT2D eigenvalue weighted by Crippen LogP contribution is 2.13. The maximum absolute atomic E-state index is 5.76. The highest BCUT2D eigenvalue weighted by Gasteiger charge is 2.11. The van der Waals surface area contributed by atoms with Crippen molar-refractivity contribution in [2.24, 2.45) is 0 Å². The van der Waals surface area contributed by atoms with Crippen LogP contribution >= 0.6 is 0 Å². The van der Waals surface area contributed by atoms with E-state index in [1.165, 1.54) is 0 Å². The van der Waals surface area contributed by atoms with Gasteiger partial charge in [0.25, 0.3) is 0 Å². The third-order valence-electron chi connectivity index (χ3n) is 2.19. The van der Waals surface area contributed by atoms with Crippen molar-refractivity contribution in [3.8, 4) is 5.75 Å². The molecule has 0 radical (unpaired) electrons. The van der Waals surface area contributed by atoms with Gasteiger partial charge in [0.1, 0.15) is 6.10 Å². The zero-order valence-corrected chi connectivity index (χ0v) is 10.4. The summed E-state index contributed by atoms with van der Waals surface area (Å²) in [5, 5.41) is 7.29. The molecule has 0 bridgehead atoms. The van der Waals surface area contributed by atoms with Gasteiger partial charge in [-0.05, 0) is 20.9 Å². The van der Waals surface area contributed by atoms with Gasteiger partial charge >= 0.3 is 0 Å². The van der Waals surface area contributed by atoms with Gasteiger partial charge in [0.15, 0.2) is 5.75 Å². The minimum absolute atomic E-state index is 0.0137. The van der Waals surface area contributed by atoms with Crippen molar-refractivity contribution in [2.45, 2.75) is 26.0 Å². The SMILES string of the molecule is CNCC(COC)Oc1cnn(C(C)C)c1. The zero-order chi connectivity index (χ0) is 12.0. The summed E-state index contributed by atoms with van der Waals surface area (Å²) >= 11 is 0. The number of ether oxygens (including phenoxy) is 2. The van der Waals surface area contributed by atoms with Gasteiger partial charge in [-0.2, -0.15) is 5.10 Å². The Morgan fingerprint density at radius 2 is 2.25 bits per heavy atom. The third-order valence-corrected chi connectivity index (χ3v) is 2.19. The van der Waals surface area contributed by atoms with Crippen LogP contribution in [-0.4, -0.2) is 43.2 Å². The predicted octanol–water partition coefficient (Wildman–Crippen LogP) is 1.08. The molecule has 0 saturated carbocycles. The first-order valence-electron chi connectivity index (χ1n) is 5.51. The number of nitrogens with one attached hydrogen (secondary N) is 1. The summed E-state index contributed by atoms with van der Waals surface area (Å²) < 4.78 is 12.7. The summed E-state index contributed by atoms with van der Waals surface area (Å²) in [6.07, 6.45) is 3.65. The van der Waals surface area contributed by atoms with Gasteiger partial charge in [-0.1, -0.05) is 0 Å². The summed E-state index contributed by atoms with van der Waals surface area (Å²) in [5.74, 6) is 0.783. The number of nitrogens with zero attached hydrogens (tertiary/aromatic N) is 2. The Hall–Kier alpha value is -1.07. The van der Waals surface area contributed by atoms with E-state index in [0.717, 1.165) is 12.3 Å². The van der Waals surface area contributed by atoms with E-state index < -0.39 is 0 Å². The van der Waals surface area contributed by atoms with Crippen LogP contribution in [-0.2, 0) is 4.74 Å². The van der Waals surface area contributed by atoms with Crippen LogP contribution in [0.25, 0.3) is 0 Å². The molecule has 0 saturated heterocycles. The average Bonchev–Trinajstić information content (AvgIpc) is 2.67. The Morgan fingerprint density at radius 3 is 2.75 bits per heavy atom. The molecule has 0 fully saturated rings. The molecule has 92 valence electrons. The first kappa shape index (κ1) is 13.0. The van der Waals surface area contributed by atoms with Gasteiger partial charge in [0.05, 0.1) is 19.0 Å². The number of methoxy groups -OCH3 is 1. The van der Waals surface area contributed by atoms with Gasteiger partial charge in [0.2, 0.25) is 0 Å². The molecule has 1 aromatic heterocycles. The summed E-state index contributed by atoms with van der Waals surface area (Å²) in [6, 6.07) is 0.350. The van der Waals surface area contributed by atoms with Crippen LogP contribution < -0.4 is 10.1 Å². The largest absolute Gasteiger partial charge is 0.483 e. The van der Waals surface area contributed by atoms with E-state index in [9.17, 15) is 0 Å². The summed E-state index contributed by atoms with van der Waals surface area (Å²) in [6.45, 7) is 5.47. The van der Waals surface area contributed by atoms with Crippen molar-refractivity contribution in [1.29, 1.82) is 0 Å². The van der Waals surface area contributed by atoms with Crippen LogP contribution in [0.5, 0.6) is 5.75 Å². The lowest BCUT2D eigenvalue weighted by molar-refractivity contribution is 0.0817. The molecule has 1 heterocycles. The second-order valence-electron chi connectivity index (χ2n) is 4.00. The maximum Gasteiger partial charge on any atom is 0.157 e. The zero-order valence-electron chi connectivity index (χ0n) is 10.4. The monoisotopic (exact) mass is 227 g/mol. The van der Waals surface area contributed by atoms with Crippen LogP contribution in [0, 0.1) is 0 Å². The van der Waals surface area contributed by atoms with Crippen molar-refractivity contribution < 1.29 is 9.47 Å². The average molecular weight is 227 g/mol. The third kappa shape index (κ3) is 3.83. The van der Waals surface area contributed by atoms with Gasteiger partial charge in [-0.25, -0.2) is 0 Å². The molecule has 0 aliphatic heterocycles. The van der Waals surface area contributed by atoms with Crippen molar-refractivity contribution in [1.82, 2.24) is 15.1 Å². The summed E-state index contributed by atoms with van der Waals surface area (Å²) in [5.41, 5.74) is 0. The van der Waals surface area contributed by atoms with Crippen LogP contribution in [0.3, 0.4) is 0 Å². The predicted molar refractivity (Wildman–Crippen MR) is 62.8 cm³/mol. The van der Waals surface area contributed by atoms with Crippen molar-refractivity contribution in [3.63, 3.8) is 0 Å². The lowest BCUT2D eigenvalue weighted by atomic mass is 10.3. The Bertz CT molecular complexity index is 293. The molecule has 5 nitrogen and oxygen atoms in total. The number of hydrogen-bond acceptors (Lipinski definition) is 4. The summed E-state index contributed by atoms with van der Waals surface area (Å²) in [4.78, 5) is 0. The van der Waals surface area contributed by atoms with Gasteiger partial charge in [0, 0.05) is 19.7 Å². The van der Waals surface area contributed by atoms with Crippen molar-refractivity contribution >= 4 is 0 Å². The Balaban J connectivity index is 2.55. The molecule has 0 aliphatic carbocycles. The van der Waals surface area contributed by atoms with Gasteiger partial charge in [-0.3, -0.25) is 4.68 Å². The molecule has 0 aromatic carbocycles. The summed E-state index contributed by atoms with van der Waals surface area (Å²) in [7, 11) is 3.56. The second kappa shape index (κ2) is 6.50. The standard InChI is InChI=1S/C11H21N3O2/c1-9(2)14-7-10(6-13-14)16-11(5-12-3)8-15-4/h6-7,9,11-12H,5,8H2,1-4H3. The Labute approximate surface area is 96.7 Å². The van der Waals surface area contributed by atoms with Crippen LogP contribution in [0.15, 0.2) is 12.4 Å². The van der Waals surface area contributed by atoms with Crippen LogP contribution in [0.4, 0.5) is 0 Å². The molecule has 16 heavy (non-hydrogen) atoms. The maximum atomic E-state index is 5.76. The van der Waals surface area contributed by atoms with E-state index in [0.29, 0.717) is 12.6 Å². The van der Waals surface area contributed by atoms with E-state index in [1.54, 1.807) is 13.3 Å². The quantitative estimate of drug-likeness (QED) is 0.757. The van der Waals surface area contributed by atoms with E-state index in [1.807, 2.05) is 17.9 Å². The lowest BCUT2D eigenvalue weighted by Crippen LogP contribution is -2.33. The molecule has 1 atom stereocenters. The molecule has 5 heteroatoms. The Morgan fingerprint density at radius 1 is 1.50 bits per heavy atom. The smallest absolute Gasteiger partial charge is 0.157 e. The van der Waals surface area contributed by atoms with Gasteiger partial charge < -0.3 is 14.8 Å². The minimum atomic E-state index is 0.0137. The topological polar surface area (TPSA) is 48.3 Å². The Kier molecular flexibility index (Phi) is 5.28. The van der Waals surface area contributed by atoms with Crippen LogP contribution in [0.1, 0.15) is 19.9 Å². The first-order valence-corrected chi connectivity index (χ1v) is 5.51. The number of likely N-dealkylation sites (N-methyl/N-ethyl adjacent to an activating group) is 1. The van der Waals surface area contributed by atoms with E-state index >= 15 is 0 Å². The first-order chi connectivity index (χ1) is 7.67. The number of aromatic nitrogens is 2. The number of hydrogen-bond donors (Lipinski definition) is 1. The number of rotatable bonds is 7. The second-order valence-corrected chi connectivity index (χ2v) is 4.00. The molecule has 0 spiro atoms. The van der Waals surface area contributed by atoms with Crippen molar-refractivity contribution in [2.75, 3.05) is 27.3 Å². The van der Waals surface area contributed by atoms with E-state index in [-0.39, 0.29) is 6.10 Å². The fraction of sp³-hybridized carbons (Fsp3) is 0.727. The molecule has 0 amide bonds.